The molecule has 1 rings (SSSR count). The summed E-state index contributed by atoms with van der Waals surface area (Å²) >= 11 is 0. The number of halogens is 9. The van der Waals surface area contributed by atoms with E-state index in [-0.39, 0.29) is 5.56 Å². The molecule has 0 saturated carbocycles. The average Bonchev–Trinajstić information content (AvgIpc) is 2.62. The van der Waals surface area contributed by atoms with Crippen molar-refractivity contribution in [3.05, 3.63) is 34.4 Å². The van der Waals surface area contributed by atoms with Crippen molar-refractivity contribution in [1.29, 1.82) is 0 Å². The van der Waals surface area contributed by atoms with Crippen molar-refractivity contribution in [3.63, 3.8) is 0 Å². The number of ether oxygens (including phenoxy) is 2. The molecule has 1 N–H and O–H groups in total. The van der Waals surface area contributed by atoms with Gasteiger partial charge < -0.3 is 14.6 Å². The van der Waals surface area contributed by atoms with Crippen molar-refractivity contribution in [2.45, 2.75) is 62.8 Å². The van der Waals surface area contributed by atoms with Gasteiger partial charge in [0.05, 0.1) is 6.61 Å². The van der Waals surface area contributed by atoms with E-state index in [1.165, 1.54) is 0 Å². The van der Waals surface area contributed by atoms with Crippen molar-refractivity contribution in [3.8, 4) is 0 Å². The van der Waals surface area contributed by atoms with E-state index >= 15 is 0 Å². The van der Waals surface area contributed by atoms with Gasteiger partial charge in [-0.25, -0.2) is 0 Å². The van der Waals surface area contributed by atoms with Crippen LogP contribution < -0.4 is 0 Å². The molecule has 12 heteroatoms. The molecular formula is C19H23F9O3. The molecule has 0 heterocycles. The largest absolute Gasteiger partial charge is 0.421 e. The fourth-order valence-corrected chi connectivity index (χ4v) is 3.18. The van der Waals surface area contributed by atoms with Gasteiger partial charge in [-0.05, 0) is 38.8 Å². The van der Waals surface area contributed by atoms with E-state index in [4.69, 9.17) is 0 Å². The standard InChI is InChI=1S/C19H23F9O3/c1-10-7-11(14(2,9-29)17(20,21)22)13(16(4,31-6)19(26,27)28)12(8-10)15(3,30-5)18(23,24)25/h7-8,29H,9H2,1-6H3. The number of hydrogen-bond donors (Lipinski definition) is 1. The zero-order chi connectivity index (χ0) is 24.8. The van der Waals surface area contributed by atoms with Gasteiger partial charge in [-0.15, -0.1) is 0 Å². The molecule has 0 aliphatic heterocycles. The Hall–Kier alpha value is -1.53. The quantitative estimate of drug-likeness (QED) is 0.546. The molecule has 0 spiro atoms. The molecule has 0 fully saturated rings. The van der Waals surface area contributed by atoms with E-state index in [1.807, 2.05) is 0 Å². The minimum atomic E-state index is -5.43. The molecule has 3 unspecified atom stereocenters. The monoisotopic (exact) mass is 470 g/mol. The first-order valence-corrected chi connectivity index (χ1v) is 8.75. The highest BCUT2D eigenvalue weighted by Gasteiger charge is 2.63. The normalized spacial score (nSPS) is 19.5. The summed E-state index contributed by atoms with van der Waals surface area (Å²) in [6, 6.07) is 1.34. The Balaban J connectivity index is 4.43. The van der Waals surface area contributed by atoms with E-state index in [9.17, 15) is 44.6 Å². The average molecular weight is 470 g/mol. The Labute approximate surface area is 173 Å². The van der Waals surface area contributed by atoms with E-state index in [0.29, 0.717) is 47.1 Å². The lowest BCUT2D eigenvalue weighted by molar-refractivity contribution is -0.281. The second-order valence-corrected chi connectivity index (χ2v) is 7.69. The molecule has 180 valence electrons. The molecule has 0 aliphatic carbocycles. The SMILES string of the molecule is COC(C)(c1cc(C)cc(C(C)(CO)C(F)(F)F)c1C(C)(OC)C(F)(F)F)C(F)(F)F. The topological polar surface area (TPSA) is 38.7 Å². The first-order valence-electron chi connectivity index (χ1n) is 8.75. The van der Waals surface area contributed by atoms with Crippen LogP contribution >= 0.6 is 0 Å². The molecule has 0 saturated heterocycles. The number of methoxy groups -OCH3 is 2. The summed E-state index contributed by atoms with van der Waals surface area (Å²) in [5.41, 5.74) is -14.4. The maximum atomic E-state index is 14.0. The predicted molar refractivity (Wildman–Crippen MR) is 92.5 cm³/mol. The third kappa shape index (κ3) is 4.25. The summed E-state index contributed by atoms with van der Waals surface area (Å²) in [5.74, 6) is 0. The van der Waals surface area contributed by atoms with Crippen LogP contribution in [0.5, 0.6) is 0 Å². The van der Waals surface area contributed by atoms with Crippen LogP contribution in [0.2, 0.25) is 0 Å². The van der Waals surface area contributed by atoms with Gasteiger partial charge in [0, 0.05) is 19.8 Å². The van der Waals surface area contributed by atoms with Crippen LogP contribution in [0.3, 0.4) is 0 Å². The number of aryl methyl sites for hydroxylation is 1. The number of aliphatic hydroxyl groups excluding tert-OH is 1. The molecule has 3 atom stereocenters. The lowest BCUT2D eigenvalue weighted by atomic mass is 9.70. The zero-order valence-corrected chi connectivity index (χ0v) is 17.5. The van der Waals surface area contributed by atoms with Crippen LogP contribution in [0, 0.1) is 6.92 Å². The highest BCUT2D eigenvalue weighted by atomic mass is 19.4. The van der Waals surface area contributed by atoms with Crippen LogP contribution in [0.15, 0.2) is 12.1 Å². The lowest BCUT2D eigenvalue weighted by Gasteiger charge is -2.43. The smallest absolute Gasteiger partial charge is 0.395 e. The van der Waals surface area contributed by atoms with E-state index in [1.54, 1.807) is 0 Å². The van der Waals surface area contributed by atoms with Gasteiger partial charge in [0.25, 0.3) is 0 Å². The summed E-state index contributed by atoms with van der Waals surface area (Å²) in [6.45, 7) is 0.533. The van der Waals surface area contributed by atoms with Gasteiger partial charge in [0.1, 0.15) is 5.41 Å². The van der Waals surface area contributed by atoms with Crippen LogP contribution in [-0.2, 0) is 26.1 Å². The molecule has 0 radical (unpaired) electrons. The van der Waals surface area contributed by atoms with Gasteiger partial charge in [0.15, 0.2) is 11.2 Å². The predicted octanol–water partition coefficient (Wildman–Crippen LogP) is 5.66. The van der Waals surface area contributed by atoms with E-state index in [2.05, 4.69) is 9.47 Å². The van der Waals surface area contributed by atoms with Crippen molar-refractivity contribution in [2.75, 3.05) is 20.8 Å². The Kier molecular flexibility index (Phi) is 7.19. The summed E-state index contributed by atoms with van der Waals surface area (Å²) in [7, 11) is 1.09. The summed E-state index contributed by atoms with van der Waals surface area (Å²) in [5, 5.41) is 9.55. The van der Waals surface area contributed by atoms with Gasteiger partial charge in [-0.3, -0.25) is 0 Å². The minimum absolute atomic E-state index is 0.203. The molecule has 0 aliphatic rings. The third-order valence-electron chi connectivity index (χ3n) is 5.71. The summed E-state index contributed by atoms with van der Waals surface area (Å²) in [4.78, 5) is 0. The van der Waals surface area contributed by atoms with E-state index < -0.39 is 58.4 Å². The van der Waals surface area contributed by atoms with Crippen molar-refractivity contribution in [1.82, 2.24) is 0 Å². The molecule has 0 aromatic heterocycles. The van der Waals surface area contributed by atoms with Crippen LogP contribution in [-0.4, -0.2) is 44.5 Å². The van der Waals surface area contributed by atoms with Crippen molar-refractivity contribution < 1.29 is 54.1 Å². The summed E-state index contributed by atoms with van der Waals surface area (Å²) < 4.78 is 135. The Morgan fingerprint density at radius 3 is 1.39 bits per heavy atom. The van der Waals surface area contributed by atoms with Gasteiger partial charge in [-0.1, -0.05) is 17.7 Å². The minimum Gasteiger partial charge on any atom is -0.395 e. The molecule has 1 aromatic rings. The number of rotatable bonds is 6. The van der Waals surface area contributed by atoms with Crippen molar-refractivity contribution in [2.24, 2.45) is 0 Å². The van der Waals surface area contributed by atoms with E-state index in [0.717, 1.165) is 6.92 Å². The number of benzene rings is 1. The van der Waals surface area contributed by atoms with Gasteiger partial charge >= 0.3 is 18.5 Å². The fraction of sp³-hybridized carbons (Fsp3) is 0.684. The fourth-order valence-electron chi connectivity index (χ4n) is 3.18. The molecular weight excluding hydrogens is 447 g/mol. The zero-order valence-electron chi connectivity index (χ0n) is 17.5. The van der Waals surface area contributed by atoms with Crippen molar-refractivity contribution >= 4 is 0 Å². The molecule has 31 heavy (non-hydrogen) atoms. The van der Waals surface area contributed by atoms with Crippen LogP contribution in [0.1, 0.15) is 43.0 Å². The maximum absolute atomic E-state index is 14.0. The van der Waals surface area contributed by atoms with Crippen LogP contribution in [0.4, 0.5) is 39.5 Å². The highest BCUT2D eigenvalue weighted by molar-refractivity contribution is 5.51. The second kappa shape index (κ2) is 8.11. The lowest BCUT2D eigenvalue weighted by Crippen LogP contribution is -2.51. The Morgan fingerprint density at radius 1 is 0.710 bits per heavy atom. The molecule has 3 nitrogen and oxygen atoms in total. The maximum Gasteiger partial charge on any atom is 0.421 e. The number of aliphatic hydroxyl groups is 1. The molecule has 0 amide bonds. The molecule has 0 bridgehead atoms. The van der Waals surface area contributed by atoms with Gasteiger partial charge in [-0.2, -0.15) is 39.5 Å². The highest BCUT2D eigenvalue weighted by Crippen LogP contribution is 2.54. The second-order valence-electron chi connectivity index (χ2n) is 7.69. The van der Waals surface area contributed by atoms with Gasteiger partial charge in [0.2, 0.25) is 0 Å². The first kappa shape index (κ1) is 27.5. The number of alkyl halides is 9. The summed E-state index contributed by atoms with van der Waals surface area (Å²) in [6.07, 6.45) is -16.1. The molecule has 1 aromatic carbocycles. The third-order valence-corrected chi connectivity index (χ3v) is 5.71. The number of hydrogen-bond acceptors (Lipinski definition) is 3. The van der Waals surface area contributed by atoms with Crippen LogP contribution in [0.25, 0.3) is 0 Å². The Bertz CT molecular complexity index is 751. The Morgan fingerprint density at radius 2 is 1.10 bits per heavy atom. The first-order chi connectivity index (χ1) is 13.7.